The molecule has 132 valence electrons. The Hall–Kier alpha value is -2.08. The van der Waals surface area contributed by atoms with E-state index in [4.69, 9.17) is 0 Å². The Bertz CT molecular complexity index is 631. The van der Waals surface area contributed by atoms with Gasteiger partial charge in [-0.2, -0.15) is 0 Å². The number of benzene rings is 2. The van der Waals surface area contributed by atoms with Crippen molar-refractivity contribution in [3.8, 4) is 0 Å². The third kappa shape index (κ3) is 7.56. The van der Waals surface area contributed by atoms with Gasteiger partial charge in [0.15, 0.2) is 0 Å². The molecule has 0 saturated carbocycles. The van der Waals surface area contributed by atoms with E-state index in [1.807, 2.05) is 0 Å². The van der Waals surface area contributed by atoms with E-state index in [1.165, 1.54) is 55.2 Å². The number of hydrogen-bond donors (Lipinski definition) is 0. The quantitative estimate of drug-likeness (QED) is 0.314. The summed E-state index contributed by atoms with van der Waals surface area (Å²) in [5.74, 6) is 0.539. The van der Waals surface area contributed by atoms with Crippen molar-refractivity contribution >= 4 is 0 Å². The van der Waals surface area contributed by atoms with E-state index in [9.17, 15) is 0 Å². The van der Waals surface area contributed by atoms with Crippen LogP contribution >= 0.6 is 0 Å². The Morgan fingerprint density at radius 2 is 1.64 bits per heavy atom. The first-order valence-corrected chi connectivity index (χ1v) is 9.73. The Morgan fingerprint density at radius 3 is 2.36 bits per heavy atom. The van der Waals surface area contributed by atoms with Crippen LogP contribution in [0.3, 0.4) is 0 Å². The van der Waals surface area contributed by atoms with E-state index in [-0.39, 0.29) is 0 Å². The fourth-order valence-corrected chi connectivity index (χ4v) is 3.10. The topological polar surface area (TPSA) is 0 Å². The summed E-state index contributed by atoms with van der Waals surface area (Å²) in [6.07, 6.45) is 16.4. The highest BCUT2D eigenvalue weighted by Gasteiger charge is 2.05. The summed E-state index contributed by atoms with van der Waals surface area (Å²) in [4.78, 5) is 0. The maximum Gasteiger partial charge on any atom is 0.00209 e. The molecule has 0 saturated heterocycles. The van der Waals surface area contributed by atoms with Crippen molar-refractivity contribution in [1.82, 2.24) is 0 Å². The molecule has 0 heteroatoms. The molecule has 0 N–H and O–H groups in total. The summed E-state index contributed by atoms with van der Waals surface area (Å²) in [7, 11) is 0. The van der Waals surface area contributed by atoms with Gasteiger partial charge in [0.2, 0.25) is 0 Å². The zero-order valence-corrected chi connectivity index (χ0v) is 15.8. The van der Waals surface area contributed by atoms with E-state index in [0.717, 1.165) is 0 Å². The smallest absolute Gasteiger partial charge is 0.00209 e. The molecule has 0 spiro atoms. The molecule has 0 aliphatic carbocycles. The lowest BCUT2D eigenvalue weighted by molar-refractivity contribution is 0.717. The Morgan fingerprint density at radius 1 is 0.880 bits per heavy atom. The van der Waals surface area contributed by atoms with Gasteiger partial charge in [-0.3, -0.25) is 0 Å². The van der Waals surface area contributed by atoms with Crippen LogP contribution in [0, 0.1) is 6.92 Å². The molecule has 0 aliphatic heterocycles. The second kappa shape index (κ2) is 11.5. The monoisotopic (exact) mass is 332 g/mol. The van der Waals surface area contributed by atoms with Crippen LogP contribution in [-0.2, 0) is 6.42 Å². The zero-order valence-electron chi connectivity index (χ0n) is 15.8. The Kier molecular flexibility index (Phi) is 8.83. The van der Waals surface area contributed by atoms with Gasteiger partial charge < -0.3 is 0 Å². The average molecular weight is 333 g/mol. The minimum absolute atomic E-state index is 0.539. The summed E-state index contributed by atoms with van der Waals surface area (Å²) >= 11 is 0. The summed E-state index contributed by atoms with van der Waals surface area (Å²) in [6, 6.07) is 19.8. The van der Waals surface area contributed by atoms with Crippen LogP contribution in [0.25, 0.3) is 0 Å². The standard InChI is InChI=1S/C25H32/c1-3-13-24(25-16-11-8-12-17-25)15-10-7-5-4-6-9-14-23-20-18-22(2)19-21-23/h5,7-8,10-12,15-21,24H,3-4,6,9,13-14H2,1-2H3. The van der Waals surface area contributed by atoms with E-state index in [1.54, 1.807) is 0 Å². The lowest BCUT2D eigenvalue weighted by Gasteiger charge is -2.11. The average Bonchev–Trinajstić information content (AvgIpc) is 2.65. The second-order valence-corrected chi connectivity index (χ2v) is 6.85. The van der Waals surface area contributed by atoms with Crippen LogP contribution < -0.4 is 0 Å². The van der Waals surface area contributed by atoms with Crippen molar-refractivity contribution in [1.29, 1.82) is 0 Å². The van der Waals surface area contributed by atoms with Crippen molar-refractivity contribution in [2.24, 2.45) is 0 Å². The molecule has 0 amide bonds. The van der Waals surface area contributed by atoms with Gasteiger partial charge >= 0.3 is 0 Å². The van der Waals surface area contributed by atoms with Gasteiger partial charge in [0.1, 0.15) is 0 Å². The minimum atomic E-state index is 0.539. The van der Waals surface area contributed by atoms with E-state index < -0.39 is 0 Å². The summed E-state index contributed by atoms with van der Waals surface area (Å²) in [5, 5.41) is 0. The number of aryl methyl sites for hydroxylation is 2. The molecule has 0 heterocycles. The molecule has 0 radical (unpaired) electrons. The van der Waals surface area contributed by atoms with Crippen molar-refractivity contribution in [3.63, 3.8) is 0 Å². The predicted molar refractivity (Wildman–Crippen MR) is 111 cm³/mol. The van der Waals surface area contributed by atoms with Gasteiger partial charge in [0.25, 0.3) is 0 Å². The molecule has 0 fully saturated rings. The maximum atomic E-state index is 2.35. The molecule has 2 rings (SSSR count). The molecule has 0 nitrogen and oxygen atoms in total. The van der Waals surface area contributed by atoms with Gasteiger partial charge in [-0.15, -0.1) is 0 Å². The van der Waals surface area contributed by atoms with Crippen molar-refractivity contribution in [2.45, 2.75) is 58.3 Å². The number of rotatable bonds is 10. The fourth-order valence-electron chi connectivity index (χ4n) is 3.10. The van der Waals surface area contributed by atoms with Crippen LogP contribution in [0.15, 0.2) is 78.9 Å². The zero-order chi connectivity index (χ0) is 17.7. The van der Waals surface area contributed by atoms with Crippen LogP contribution in [0.4, 0.5) is 0 Å². The molecule has 25 heavy (non-hydrogen) atoms. The molecule has 0 bridgehead atoms. The SMILES string of the molecule is CCCC(C=CC=CCCCCc1ccc(C)cc1)c1ccccc1. The summed E-state index contributed by atoms with van der Waals surface area (Å²) < 4.78 is 0. The number of allylic oxidation sites excluding steroid dienone is 4. The first-order chi connectivity index (χ1) is 12.3. The van der Waals surface area contributed by atoms with Gasteiger partial charge in [0, 0.05) is 5.92 Å². The van der Waals surface area contributed by atoms with Crippen LogP contribution in [-0.4, -0.2) is 0 Å². The minimum Gasteiger partial charge on any atom is -0.0845 e. The maximum absolute atomic E-state index is 2.35. The lowest BCUT2D eigenvalue weighted by atomic mass is 9.94. The van der Waals surface area contributed by atoms with Gasteiger partial charge in [-0.1, -0.05) is 97.8 Å². The number of hydrogen-bond acceptors (Lipinski definition) is 0. The van der Waals surface area contributed by atoms with E-state index in [2.05, 4.69) is 92.7 Å². The lowest BCUT2D eigenvalue weighted by Crippen LogP contribution is -1.93. The third-order valence-corrected chi connectivity index (χ3v) is 4.62. The fraction of sp³-hybridized carbons (Fsp3) is 0.360. The molecular formula is C25H32. The van der Waals surface area contributed by atoms with Gasteiger partial charge in [-0.25, -0.2) is 0 Å². The molecule has 1 unspecified atom stereocenters. The predicted octanol–water partition coefficient (Wildman–Crippen LogP) is 7.40. The highest BCUT2D eigenvalue weighted by molar-refractivity contribution is 5.25. The number of unbranched alkanes of at least 4 members (excludes halogenated alkanes) is 2. The first-order valence-electron chi connectivity index (χ1n) is 9.73. The van der Waals surface area contributed by atoms with Crippen molar-refractivity contribution in [2.75, 3.05) is 0 Å². The van der Waals surface area contributed by atoms with Crippen molar-refractivity contribution in [3.05, 3.63) is 95.6 Å². The first kappa shape index (κ1) is 19.2. The Balaban J connectivity index is 1.68. The largest absolute Gasteiger partial charge is 0.0845 e. The van der Waals surface area contributed by atoms with Crippen LogP contribution in [0.5, 0.6) is 0 Å². The highest BCUT2D eigenvalue weighted by atomic mass is 14.1. The molecular weight excluding hydrogens is 300 g/mol. The van der Waals surface area contributed by atoms with E-state index in [0.29, 0.717) is 5.92 Å². The van der Waals surface area contributed by atoms with Crippen molar-refractivity contribution < 1.29 is 0 Å². The molecule has 2 aromatic rings. The van der Waals surface area contributed by atoms with E-state index >= 15 is 0 Å². The van der Waals surface area contributed by atoms with Gasteiger partial charge in [-0.05, 0) is 50.2 Å². The molecule has 0 aromatic heterocycles. The third-order valence-electron chi connectivity index (χ3n) is 4.62. The highest BCUT2D eigenvalue weighted by Crippen LogP contribution is 2.22. The van der Waals surface area contributed by atoms with Crippen LogP contribution in [0.2, 0.25) is 0 Å². The van der Waals surface area contributed by atoms with Crippen LogP contribution in [0.1, 0.15) is 61.6 Å². The summed E-state index contributed by atoms with van der Waals surface area (Å²) in [5.41, 5.74) is 4.22. The normalized spacial score (nSPS) is 12.9. The molecule has 1 atom stereocenters. The Labute approximate surface area is 154 Å². The second-order valence-electron chi connectivity index (χ2n) is 6.85. The molecule has 2 aromatic carbocycles. The van der Waals surface area contributed by atoms with Gasteiger partial charge in [0.05, 0.1) is 0 Å². The molecule has 0 aliphatic rings. The summed E-state index contributed by atoms with van der Waals surface area (Å²) in [6.45, 7) is 4.40.